The molecule has 0 saturated heterocycles. The highest BCUT2D eigenvalue weighted by Crippen LogP contribution is 2.24. The molecule has 0 aliphatic heterocycles. The van der Waals surface area contributed by atoms with Crippen LogP contribution in [-0.2, 0) is 4.79 Å². The molecule has 0 aliphatic rings. The Hall–Kier alpha value is -1.55. The smallest absolute Gasteiger partial charge is 0.259 e. The average molecular weight is 242 g/mol. The number of hydrogen-bond acceptors (Lipinski definition) is 3. The number of hydrogen-bond donors (Lipinski definition) is 0. The molecule has 0 N–H and O–H groups in total. The minimum absolute atomic E-state index is 0.117. The van der Waals surface area contributed by atoms with Crippen molar-refractivity contribution >= 4 is 23.8 Å². The largest absolute Gasteiger partial charge is 0.483 e. The van der Waals surface area contributed by atoms with Crippen LogP contribution in [0.4, 0.5) is 0 Å². The van der Waals surface area contributed by atoms with Gasteiger partial charge in [0.25, 0.3) is 5.91 Å². The minimum atomic E-state index is -0.183. The lowest BCUT2D eigenvalue weighted by molar-refractivity contribution is -0.130. The van der Waals surface area contributed by atoms with E-state index >= 15 is 0 Å². The van der Waals surface area contributed by atoms with E-state index in [0.29, 0.717) is 17.1 Å². The Morgan fingerprint density at radius 1 is 1.50 bits per heavy atom. The maximum absolute atomic E-state index is 11.3. The molecule has 0 bridgehead atoms. The van der Waals surface area contributed by atoms with Gasteiger partial charge in [-0.1, -0.05) is 17.7 Å². The third-order valence-corrected chi connectivity index (χ3v) is 2.31. The van der Waals surface area contributed by atoms with Gasteiger partial charge in [-0.25, -0.2) is 0 Å². The van der Waals surface area contributed by atoms with Gasteiger partial charge in [-0.15, -0.1) is 0 Å². The molecule has 0 saturated carbocycles. The van der Waals surface area contributed by atoms with Crippen molar-refractivity contribution < 1.29 is 14.3 Å². The van der Waals surface area contributed by atoms with E-state index in [1.54, 1.807) is 32.3 Å². The van der Waals surface area contributed by atoms with Crippen LogP contribution in [-0.4, -0.2) is 37.8 Å². The SMILES string of the molecule is CN(C)C(=O)COc1cccc(Cl)c1C=O. The second-order valence-electron chi connectivity index (χ2n) is 3.35. The van der Waals surface area contributed by atoms with Gasteiger partial charge >= 0.3 is 0 Å². The van der Waals surface area contributed by atoms with Gasteiger partial charge in [-0.2, -0.15) is 0 Å². The van der Waals surface area contributed by atoms with Crippen LogP contribution in [0.25, 0.3) is 0 Å². The Morgan fingerprint density at radius 2 is 2.19 bits per heavy atom. The number of aldehydes is 1. The second kappa shape index (κ2) is 5.51. The van der Waals surface area contributed by atoms with Crippen LogP contribution in [0.2, 0.25) is 5.02 Å². The Morgan fingerprint density at radius 3 is 2.75 bits per heavy atom. The highest BCUT2D eigenvalue weighted by Gasteiger charge is 2.10. The highest BCUT2D eigenvalue weighted by molar-refractivity contribution is 6.33. The molecule has 1 amide bonds. The first kappa shape index (κ1) is 12.5. The van der Waals surface area contributed by atoms with E-state index in [4.69, 9.17) is 16.3 Å². The van der Waals surface area contributed by atoms with Crippen LogP contribution >= 0.6 is 11.6 Å². The molecule has 0 radical (unpaired) electrons. The summed E-state index contributed by atoms with van der Waals surface area (Å²) in [6.07, 6.45) is 0.609. The lowest BCUT2D eigenvalue weighted by Crippen LogP contribution is -2.27. The summed E-state index contributed by atoms with van der Waals surface area (Å²) in [6.45, 7) is -0.117. The Bertz CT molecular complexity index is 404. The van der Waals surface area contributed by atoms with E-state index in [1.807, 2.05) is 0 Å². The zero-order valence-corrected chi connectivity index (χ0v) is 9.82. The lowest BCUT2D eigenvalue weighted by Gasteiger charge is -2.12. The summed E-state index contributed by atoms with van der Waals surface area (Å²) < 4.78 is 5.23. The Kier molecular flexibility index (Phi) is 4.31. The van der Waals surface area contributed by atoms with Crippen LogP contribution in [0.15, 0.2) is 18.2 Å². The molecule has 0 aromatic heterocycles. The first-order chi connectivity index (χ1) is 7.56. The number of likely N-dealkylation sites (N-methyl/N-ethyl adjacent to an activating group) is 1. The summed E-state index contributed by atoms with van der Waals surface area (Å²) in [7, 11) is 3.26. The fraction of sp³-hybridized carbons (Fsp3) is 0.273. The molecule has 0 heterocycles. The summed E-state index contributed by atoms with van der Waals surface area (Å²) in [5.74, 6) is 0.134. The molecule has 16 heavy (non-hydrogen) atoms. The van der Waals surface area contributed by atoms with E-state index in [2.05, 4.69) is 0 Å². The van der Waals surface area contributed by atoms with E-state index in [1.165, 1.54) is 4.90 Å². The molecular formula is C11H12ClNO3. The molecule has 1 rings (SSSR count). The monoisotopic (exact) mass is 241 g/mol. The molecule has 0 fully saturated rings. The predicted octanol–water partition coefficient (Wildman–Crippen LogP) is 1.62. The molecule has 0 spiro atoms. The van der Waals surface area contributed by atoms with Gasteiger partial charge in [-0.3, -0.25) is 9.59 Å². The lowest BCUT2D eigenvalue weighted by atomic mass is 10.2. The van der Waals surface area contributed by atoms with Gasteiger partial charge in [0, 0.05) is 14.1 Å². The van der Waals surface area contributed by atoms with Gasteiger partial charge < -0.3 is 9.64 Å². The number of carbonyl (C=O) groups is 2. The molecule has 0 atom stereocenters. The molecule has 4 nitrogen and oxygen atoms in total. The standard InChI is InChI=1S/C11H12ClNO3/c1-13(2)11(15)7-16-10-5-3-4-9(12)8(10)6-14/h3-6H,7H2,1-2H3. The fourth-order valence-corrected chi connectivity index (χ4v) is 1.24. The van der Waals surface area contributed by atoms with Crippen molar-refractivity contribution in [2.45, 2.75) is 0 Å². The number of nitrogens with zero attached hydrogens (tertiary/aromatic N) is 1. The Labute approximate surface area is 98.8 Å². The van der Waals surface area contributed by atoms with Crippen molar-refractivity contribution in [3.63, 3.8) is 0 Å². The normalized spacial score (nSPS) is 9.69. The first-order valence-electron chi connectivity index (χ1n) is 4.63. The summed E-state index contributed by atoms with van der Waals surface area (Å²) in [5, 5.41) is 0.310. The van der Waals surface area contributed by atoms with Gasteiger partial charge in [0.1, 0.15) is 5.75 Å². The maximum atomic E-state index is 11.3. The minimum Gasteiger partial charge on any atom is -0.483 e. The highest BCUT2D eigenvalue weighted by atomic mass is 35.5. The number of halogens is 1. The van der Waals surface area contributed by atoms with Gasteiger partial charge in [-0.05, 0) is 12.1 Å². The van der Waals surface area contributed by atoms with Crippen molar-refractivity contribution in [1.82, 2.24) is 4.90 Å². The molecule has 5 heteroatoms. The van der Waals surface area contributed by atoms with Crippen molar-refractivity contribution in [2.75, 3.05) is 20.7 Å². The van der Waals surface area contributed by atoms with Crippen LogP contribution in [0, 0.1) is 0 Å². The van der Waals surface area contributed by atoms with Crippen molar-refractivity contribution in [2.24, 2.45) is 0 Å². The summed E-state index contributed by atoms with van der Waals surface area (Å²) in [5.41, 5.74) is 0.260. The predicted molar refractivity (Wildman–Crippen MR) is 61.0 cm³/mol. The zero-order chi connectivity index (χ0) is 12.1. The first-order valence-corrected chi connectivity index (χ1v) is 5.00. The van der Waals surface area contributed by atoms with E-state index in [-0.39, 0.29) is 18.1 Å². The zero-order valence-electron chi connectivity index (χ0n) is 9.07. The molecule has 1 aromatic rings. The van der Waals surface area contributed by atoms with Crippen LogP contribution in [0.1, 0.15) is 10.4 Å². The third-order valence-electron chi connectivity index (χ3n) is 1.98. The molecule has 1 aromatic carbocycles. The molecular weight excluding hydrogens is 230 g/mol. The number of ether oxygens (including phenoxy) is 1. The molecule has 0 aliphatic carbocycles. The van der Waals surface area contributed by atoms with E-state index < -0.39 is 0 Å². The van der Waals surface area contributed by atoms with E-state index in [9.17, 15) is 9.59 Å². The van der Waals surface area contributed by atoms with Crippen molar-refractivity contribution in [3.05, 3.63) is 28.8 Å². The van der Waals surface area contributed by atoms with Crippen LogP contribution in [0.5, 0.6) is 5.75 Å². The number of amides is 1. The molecule has 86 valence electrons. The van der Waals surface area contributed by atoms with E-state index in [0.717, 1.165) is 0 Å². The van der Waals surface area contributed by atoms with Crippen LogP contribution < -0.4 is 4.74 Å². The van der Waals surface area contributed by atoms with Gasteiger partial charge in [0.15, 0.2) is 12.9 Å². The van der Waals surface area contributed by atoms with Gasteiger partial charge in [0.05, 0.1) is 10.6 Å². The average Bonchev–Trinajstić information content (AvgIpc) is 2.25. The van der Waals surface area contributed by atoms with Gasteiger partial charge in [0.2, 0.25) is 0 Å². The van der Waals surface area contributed by atoms with Crippen LogP contribution in [0.3, 0.4) is 0 Å². The number of rotatable bonds is 4. The van der Waals surface area contributed by atoms with Crippen molar-refractivity contribution in [1.29, 1.82) is 0 Å². The fourth-order valence-electron chi connectivity index (χ4n) is 1.03. The Balaban J connectivity index is 2.78. The quantitative estimate of drug-likeness (QED) is 0.753. The number of carbonyl (C=O) groups excluding carboxylic acids is 2. The molecule has 0 unspecified atom stereocenters. The van der Waals surface area contributed by atoms with Crippen molar-refractivity contribution in [3.8, 4) is 5.75 Å². The summed E-state index contributed by atoms with van der Waals surface area (Å²) >= 11 is 5.80. The third kappa shape index (κ3) is 2.97. The topological polar surface area (TPSA) is 46.6 Å². The number of benzene rings is 1. The maximum Gasteiger partial charge on any atom is 0.259 e. The second-order valence-corrected chi connectivity index (χ2v) is 3.75. The summed E-state index contributed by atoms with van der Waals surface area (Å²) in [6, 6.07) is 4.84. The summed E-state index contributed by atoms with van der Waals surface area (Å²) in [4.78, 5) is 23.5.